The van der Waals surface area contributed by atoms with E-state index >= 15 is 0 Å². The van der Waals surface area contributed by atoms with Gasteiger partial charge in [-0.05, 0) is 44.6 Å². The molecule has 1 unspecified atom stereocenters. The summed E-state index contributed by atoms with van der Waals surface area (Å²) in [7, 11) is -4.30. The van der Waals surface area contributed by atoms with Gasteiger partial charge in [-0.2, -0.15) is 0 Å². The van der Waals surface area contributed by atoms with Crippen LogP contribution < -0.4 is 5.73 Å². The fourth-order valence-corrected chi connectivity index (χ4v) is 8.03. The zero-order chi connectivity index (χ0) is 42.3. The number of esters is 1. The SMILES string of the molecule is CCCCCCCCCCCCCCCC/C=C/OC[C@H](COP(=O)(O)OCCN)OC(=O)CCC/C=C/CCCCCCCCCCCCCCCCCCCC. The molecule has 0 heterocycles. The van der Waals surface area contributed by atoms with Gasteiger partial charge in [0.25, 0.3) is 0 Å². The fraction of sp³-hybridized carbons (Fsp3) is 0.898. The van der Waals surface area contributed by atoms with Crippen molar-refractivity contribution >= 4 is 13.8 Å². The number of unbranched alkanes of at least 4 members (excludes halogenated alkanes) is 33. The van der Waals surface area contributed by atoms with Crippen LogP contribution in [0.25, 0.3) is 0 Å². The van der Waals surface area contributed by atoms with Gasteiger partial charge < -0.3 is 20.1 Å². The lowest BCUT2D eigenvalue weighted by atomic mass is 10.0. The molecule has 0 radical (unpaired) electrons. The first kappa shape index (κ1) is 56.8. The lowest BCUT2D eigenvalue weighted by molar-refractivity contribution is -0.153. The first-order chi connectivity index (χ1) is 28.4. The maximum atomic E-state index is 12.6. The summed E-state index contributed by atoms with van der Waals surface area (Å²) >= 11 is 0. The normalized spacial score (nSPS) is 13.4. The van der Waals surface area contributed by atoms with E-state index in [0.29, 0.717) is 6.42 Å². The molecule has 0 aliphatic carbocycles. The number of hydrogen-bond acceptors (Lipinski definition) is 7. The molecule has 3 N–H and O–H groups in total. The molecule has 9 heteroatoms. The molecular formula is C49H96NO7P. The molecule has 0 aromatic heterocycles. The maximum absolute atomic E-state index is 12.6. The highest BCUT2D eigenvalue weighted by molar-refractivity contribution is 7.47. The van der Waals surface area contributed by atoms with Crippen molar-refractivity contribution in [2.24, 2.45) is 5.73 Å². The molecule has 58 heavy (non-hydrogen) atoms. The maximum Gasteiger partial charge on any atom is 0.472 e. The number of hydrogen-bond donors (Lipinski definition) is 2. The zero-order valence-corrected chi connectivity index (χ0v) is 39.2. The van der Waals surface area contributed by atoms with E-state index in [4.69, 9.17) is 24.3 Å². The number of rotatable bonds is 48. The molecule has 0 spiro atoms. The summed E-state index contributed by atoms with van der Waals surface area (Å²) in [5, 5.41) is 0. The molecule has 0 fully saturated rings. The summed E-state index contributed by atoms with van der Waals surface area (Å²) in [4.78, 5) is 22.5. The minimum Gasteiger partial charge on any atom is -0.498 e. The van der Waals surface area contributed by atoms with Crippen molar-refractivity contribution < 1.29 is 32.8 Å². The number of ether oxygens (including phenoxy) is 2. The Balaban J connectivity index is 3.98. The van der Waals surface area contributed by atoms with Crippen molar-refractivity contribution in [2.75, 3.05) is 26.4 Å². The van der Waals surface area contributed by atoms with E-state index in [2.05, 4.69) is 26.0 Å². The summed E-state index contributed by atoms with van der Waals surface area (Å²) in [6, 6.07) is 0. The Morgan fingerprint density at radius 3 is 1.28 bits per heavy atom. The third-order valence-electron chi connectivity index (χ3n) is 10.9. The third kappa shape index (κ3) is 45.9. The lowest BCUT2D eigenvalue weighted by Crippen LogP contribution is -2.27. The Morgan fingerprint density at radius 1 is 0.517 bits per heavy atom. The van der Waals surface area contributed by atoms with Gasteiger partial charge in [-0.1, -0.05) is 219 Å². The topological polar surface area (TPSA) is 117 Å². The van der Waals surface area contributed by atoms with E-state index in [1.165, 1.54) is 199 Å². The molecule has 344 valence electrons. The van der Waals surface area contributed by atoms with Crippen LogP contribution in [0.4, 0.5) is 0 Å². The van der Waals surface area contributed by atoms with Crippen LogP contribution in [0.1, 0.15) is 251 Å². The second kappa shape index (κ2) is 46.9. The summed E-state index contributed by atoms with van der Waals surface area (Å²) in [6.07, 6.45) is 54.6. The molecule has 0 aliphatic rings. The van der Waals surface area contributed by atoms with Crippen LogP contribution in [-0.4, -0.2) is 43.3 Å². The van der Waals surface area contributed by atoms with Gasteiger partial charge in [0.1, 0.15) is 6.61 Å². The first-order valence-corrected chi connectivity index (χ1v) is 26.4. The minimum absolute atomic E-state index is 0.0250. The van der Waals surface area contributed by atoms with Gasteiger partial charge in [0.05, 0.1) is 19.5 Å². The van der Waals surface area contributed by atoms with Gasteiger partial charge in [0, 0.05) is 13.0 Å². The fourth-order valence-electron chi connectivity index (χ4n) is 7.26. The van der Waals surface area contributed by atoms with Crippen LogP contribution in [0.15, 0.2) is 24.5 Å². The Morgan fingerprint density at radius 2 is 0.879 bits per heavy atom. The predicted octanol–water partition coefficient (Wildman–Crippen LogP) is 15.6. The molecule has 0 aliphatic heterocycles. The Kier molecular flexibility index (Phi) is 45.9. The smallest absolute Gasteiger partial charge is 0.472 e. The Hall–Kier alpha value is -1.18. The third-order valence-corrected chi connectivity index (χ3v) is 11.9. The molecule has 8 nitrogen and oxygen atoms in total. The molecule has 0 amide bonds. The van der Waals surface area contributed by atoms with Crippen molar-refractivity contribution in [3.63, 3.8) is 0 Å². The highest BCUT2D eigenvalue weighted by Gasteiger charge is 2.25. The van der Waals surface area contributed by atoms with Gasteiger partial charge in [-0.25, -0.2) is 4.57 Å². The minimum atomic E-state index is -4.30. The number of carbonyl (C=O) groups excluding carboxylic acids is 1. The van der Waals surface area contributed by atoms with Crippen LogP contribution in [0.3, 0.4) is 0 Å². The van der Waals surface area contributed by atoms with Crippen LogP contribution in [0, 0.1) is 0 Å². The molecule has 0 saturated heterocycles. The predicted molar refractivity (Wildman–Crippen MR) is 247 cm³/mol. The summed E-state index contributed by atoms with van der Waals surface area (Å²) in [6.45, 7) is 4.26. The standard InChI is InChI=1S/C49H96NO7P/c1-3-5-7-9-11-13-15-17-19-21-22-23-24-25-26-27-28-30-32-34-36-38-40-42-49(51)57-48(47-56-58(52,53)55-45-43-50)46-54-44-41-39-37-35-33-31-29-20-18-16-14-12-10-8-6-4-2/h34,36,41,44,48H,3-33,35,37-40,42-43,45-47,50H2,1-2H3,(H,52,53)/b36-34+,44-41+/t48-/m1/s1. The van der Waals surface area contributed by atoms with Crippen LogP contribution in [0.2, 0.25) is 0 Å². The average molecular weight is 842 g/mol. The lowest BCUT2D eigenvalue weighted by Gasteiger charge is -2.19. The molecule has 0 aromatic rings. The molecular weight excluding hydrogens is 746 g/mol. The van der Waals surface area contributed by atoms with Crippen LogP contribution in [-0.2, 0) is 27.9 Å². The zero-order valence-electron chi connectivity index (χ0n) is 38.3. The van der Waals surface area contributed by atoms with Crippen molar-refractivity contribution in [3.8, 4) is 0 Å². The van der Waals surface area contributed by atoms with Gasteiger partial charge in [-0.3, -0.25) is 13.8 Å². The number of phosphoric acid groups is 1. The van der Waals surface area contributed by atoms with Crippen molar-refractivity contribution in [1.29, 1.82) is 0 Å². The van der Waals surface area contributed by atoms with Crippen molar-refractivity contribution in [1.82, 2.24) is 0 Å². The van der Waals surface area contributed by atoms with E-state index in [-0.39, 0.29) is 38.8 Å². The van der Waals surface area contributed by atoms with E-state index in [1.54, 1.807) is 6.26 Å². The van der Waals surface area contributed by atoms with Crippen molar-refractivity contribution in [2.45, 2.75) is 258 Å². The second-order valence-electron chi connectivity index (χ2n) is 16.8. The van der Waals surface area contributed by atoms with Crippen LogP contribution >= 0.6 is 7.82 Å². The number of allylic oxidation sites excluding steroid dienone is 3. The van der Waals surface area contributed by atoms with E-state index in [0.717, 1.165) is 25.7 Å². The van der Waals surface area contributed by atoms with Crippen molar-refractivity contribution in [3.05, 3.63) is 24.5 Å². The number of carbonyl (C=O) groups is 1. The van der Waals surface area contributed by atoms with Gasteiger partial charge in [0.15, 0.2) is 6.10 Å². The Labute approximate surface area is 359 Å². The molecule has 2 atom stereocenters. The van der Waals surface area contributed by atoms with Gasteiger partial charge in [0.2, 0.25) is 0 Å². The monoisotopic (exact) mass is 842 g/mol. The molecule has 0 rings (SSSR count). The van der Waals surface area contributed by atoms with Gasteiger partial charge in [-0.15, -0.1) is 0 Å². The first-order valence-electron chi connectivity index (χ1n) is 24.9. The van der Waals surface area contributed by atoms with Gasteiger partial charge >= 0.3 is 13.8 Å². The van der Waals surface area contributed by atoms with E-state index in [1.807, 2.05) is 6.08 Å². The summed E-state index contributed by atoms with van der Waals surface area (Å²) in [5.74, 6) is -0.379. The highest BCUT2D eigenvalue weighted by atomic mass is 31.2. The average Bonchev–Trinajstić information content (AvgIpc) is 3.21. The Bertz CT molecular complexity index is 946. The molecule has 0 bridgehead atoms. The number of phosphoric ester groups is 1. The second-order valence-corrected chi connectivity index (χ2v) is 18.2. The van der Waals surface area contributed by atoms with Crippen LogP contribution in [0.5, 0.6) is 0 Å². The van der Waals surface area contributed by atoms with E-state index < -0.39 is 13.9 Å². The van der Waals surface area contributed by atoms with E-state index in [9.17, 15) is 14.3 Å². The summed E-state index contributed by atoms with van der Waals surface area (Å²) < 4.78 is 33.2. The highest BCUT2D eigenvalue weighted by Crippen LogP contribution is 2.43. The largest absolute Gasteiger partial charge is 0.498 e. The summed E-state index contributed by atoms with van der Waals surface area (Å²) in [5.41, 5.74) is 5.37. The molecule has 0 saturated carbocycles. The number of nitrogens with two attached hydrogens (primary N) is 1. The quantitative estimate of drug-likeness (QED) is 0.0204. The molecule has 0 aromatic carbocycles.